The van der Waals surface area contributed by atoms with Crippen LogP contribution in [0.4, 0.5) is 18.9 Å². The van der Waals surface area contributed by atoms with E-state index in [9.17, 15) is 13.2 Å². The Hall–Kier alpha value is -2.05. The maximum Gasteiger partial charge on any atom is 0.161 e. The molecule has 0 amide bonds. The first-order chi connectivity index (χ1) is 8.49. The van der Waals surface area contributed by atoms with Crippen molar-refractivity contribution in [1.29, 1.82) is 0 Å². The van der Waals surface area contributed by atoms with Gasteiger partial charge in [-0.15, -0.1) is 10.2 Å². The van der Waals surface area contributed by atoms with Crippen LogP contribution in [0.5, 0.6) is 0 Å². The molecule has 0 aliphatic heterocycles. The van der Waals surface area contributed by atoms with Gasteiger partial charge in [-0.05, 0) is 6.92 Å². The van der Waals surface area contributed by atoms with Crippen molar-refractivity contribution < 1.29 is 13.2 Å². The monoisotopic (exact) mass is 256 g/mol. The summed E-state index contributed by atoms with van der Waals surface area (Å²) in [6, 6.07) is 1.27. The van der Waals surface area contributed by atoms with E-state index in [1.54, 1.807) is 18.5 Å². The van der Waals surface area contributed by atoms with E-state index in [0.717, 1.165) is 6.07 Å². The first-order valence-corrected chi connectivity index (χ1v) is 5.22. The molecule has 7 heteroatoms. The minimum atomic E-state index is -1.22. The number of halogens is 3. The molecule has 1 heterocycles. The second-order valence-electron chi connectivity index (χ2n) is 3.82. The van der Waals surface area contributed by atoms with Crippen molar-refractivity contribution in [1.82, 2.24) is 14.8 Å². The molecule has 0 radical (unpaired) electrons. The number of nitrogens with one attached hydrogen (secondary N) is 1. The van der Waals surface area contributed by atoms with Gasteiger partial charge >= 0.3 is 0 Å². The van der Waals surface area contributed by atoms with E-state index in [1.807, 2.05) is 0 Å². The van der Waals surface area contributed by atoms with Crippen molar-refractivity contribution in [3.8, 4) is 0 Å². The molecule has 0 aliphatic carbocycles. The molecule has 1 aromatic heterocycles. The van der Waals surface area contributed by atoms with Crippen molar-refractivity contribution >= 4 is 5.69 Å². The Kier molecular flexibility index (Phi) is 3.22. The van der Waals surface area contributed by atoms with Gasteiger partial charge in [0.25, 0.3) is 0 Å². The third kappa shape index (κ3) is 2.29. The first kappa shape index (κ1) is 12.4. The normalized spacial score (nSPS) is 10.7. The Bertz CT molecular complexity index is 580. The lowest BCUT2D eigenvalue weighted by Crippen LogP contribution is -2.08. The maximum absolute atomic E-state index is 13.3. The number of rotatable bonds is 3. The highest BCUT2D eigenvalue weighted by molar-refractivity contribution is 5.45. The number of aromatic nitrogens is 3. The molecule has 1 aromatic carbocycles. The molecule has 0 spiro atoms. The molecule has 4 nitrogen and oxygen atoms in total. The molecular formula is C11H11F3N4. The largest absolute Gasteiger partial charge is 0.375 e. The molecule has 96 valence electrons. The van der Waals surface area contributed by atoms with Gasteiger partial charge in [-0.25, -0.2) is 13.2 Å². The summed E-state index contributed by atoms with van der Waals surface area (Å²) in [5.74, 6) is -1.90. The van der Waals surface area contributed by atoms with Crippen molar-refractivity contribution in [2.24, 2.45) is 7.05 Å². The van der Waals surface area contributed by atoms with Crippen LogP contribution in [0, 0.1) is 24.4 Å². The third-order valence-electron chi connectivity index (χ3n) is 2.63. The average molecular weight is 256 g/mol. The molecule has 1 N–H and O–H groups in total. The van der Waals surface area contributed by atoms with Gasteiger partial charge in [0.15, 0.2) is 17.5 Å². The molecule has 2 aromatic rings. The predicted molar refractivity (Wildman–Crippen MR) is 59.4 cm³/mol. The van der Waals surface area contributed by atoms with Crippen LogP contribution in [0.1, 0.15) is 11.6 Å². The number of nitrogens with zero attached hydrogens (tertiary/aromatic N) is 3. The van der Waals surface area contributed by atoms with Crippen LogP contribution in [-0.2, 0) is 13.6 Å². The van der Waals surface area contributed by atoms with Crippen LogP contribution in [0.2, 0.25) is 0 Å². The van der Waals surface area contributed by atoms with Crippen LogP contribution in [0.3, 0.4) is 0 Å². The second kappa shape index (κ2) is 4.67. The van der Waals surface area contributed by atoms with Crippen LogP contribution < -0.4 is 5.32 Å². The Morgan fingerprint density at radius 3 is 2.39 bits per heavy atom. The van der Waals surface area contributed by atoms with E-state index in [4.69, 9.17) is 0 Å². The van der Waals surface area contributed by atoms with Crippen LogP contribution in [0.15, 0.2) is 12.1 Å². The number of hydrogen-bond donors (Lipinski definition) is 1. The maximum atomic E-state index is 13.3. The summed E-state index contributed by atoms with van der Waals surface area (Å²) in [4.78, 5) is 0. The highest BCUT2D eigenvalue weighted by atomic mass is 19.2. The molecule has 18 heavy (non-hydrogen) atoms. The Morgan fingerprint density at radius 1 is 1.11 bits per heavy atom. The Balaban J connectivity index is 2.16. The van der Waals surface area contributed by atoms with Crippen LogP contribution in [-0.4, -0.2) is 14.8 Å². The third-order valence-corrected chi connectivity index (χ3v) is 2.63. The summed E-state index contributed by atoms with van der Waals surface area (Å²) in [6.45, 7) is 1.94. The molecule has 0 unspecified atom stereocenters. The molecule has 0 fully saturated rings. The quantitative estimate of drug-likeness (QED) is 0.856. The van der Waals surface area contributed by atoms with Crippen LogP contribution in [0.25, 0.3) is 0 Å². The fourth-order valence-corrected chi connectivity index (χ4v) is 1.44. The highest BCUT2D eigenvalue weighted by Crippen LogP contribution is 2.18. The topological polar surface area (TPSA) is 42.7 Å². The van der Waals surface area contributed by atoms with E-state index in [-0.39, 0.29) is 12.2 Å². The number of aryl methyl sites for hydroxylation is 1. The zero-order chi connectivity index (χ0) is 13.3. The molecule has 0 atom stereocenters. The minimum Gasteiger partial charge on any atom is -0.375 e. The van der Waals surface area contributed by atoms with Gasteiger partial charge in [0.1, 0.15) is 11.6 Å². The summed E-state index contributed by atoms with van der Waals surface area (Å²) < 4.78 is 40.7. The van der Waals surface area contributed by atoms with E-state index in [0.29, 0.717) is 17.7 Å². The fraction of sp³-hybridized carbons (Fsp3) is 0.273. The minimum absolute atomic E-state index is 0.116. The lowest BCUT2D eigenvalue weighted by atomic mass is 10.3. The lowest BCUT2D eigenvalue weighted by molar-refractivity contribution is 0.496. The molecular weight excluding hydrogens is 245 g/mol. The summed E-state index contributed by atoms with van der Waals surface area (Å²) in [6.07, 6.45) is 0. The standard InChI is InChI=1S/C11H11F3N4/c1-6-16-17-11(18(6)2)5-15-10-4-8(13)7(12)3-9(10)14/h3-4,15H,5H2,1-2H3. The summed E-state index contributed by atoms with van der Waals surface area (Å²) in [7, 11) is 1.76. The summed E-state index contributed by atoms with van der Waals surface area (Å²) in [5, 5.41) is 10.3. The SMILES string of the molecule is Cc1nnc(CNc2cc(F)c(F)cc2F)n1C. The average Bonchev–Trinajstić information content (AvgIpc) is 2.63. The Labute approximate surface area is 101 Å². The zero-order valence-corrected chi connectivity index (χ0v) is 9.84. The number of benzene rings is 1. The van der Waals surface area contributed by atoms with Crippen LogP contribution >= 0.6 is 0 Å². The highest BCUT2D eigenvalue weighted by Gasteiger charge is 2.11. The fourth-order valence-electron chi connectivity index (χ4n) is 1.44. The molecule has 0 bridgehead atoms. The zero-order valence-electron chi connectivity index (χ0n) is 9.84. The van der Waals surface area contributed by atoms with Crippen molar-refractivity contribution in [3.05, 3.63) is 41.2 Å². The van der Waals surface area contributed by atoms with Gasteiger partial charge in [0.05, 0.1) is 12.2 Å². The number of hydrogen-bond acceptors (Lipinski definition) is 3. The van der Waals surface area contributed by atoms with Gasteiger partial charge < -0.3 is 9.88 Å². The second-order valence-corrected chi connectivity index (χ2v) is 3.82. The van der Waals surface area contributed by atoms with Crippen molar-refractivity contribution in [3.63, 3.8) is 0 Å². The van der Waals surface area contributed by atoms with Crippen molar-refractivity contribution in [2.75, 3.05) is 5.32 Å². The molecule has 0 saturated carbocycles. The Morgan fingerprint density at radius 2 is 1.78 bits per heavy atom. The van der Waals surface area contributed by atoms with E-state index in [2.05, 4.69) is 15.5 Å². The number of anilines is 1. The summed E-state index contributed by atoms with van der Waals surface area (Å²) >= 11 is 0. The van der Waals surface area contributed by atoms with E-state index in [1.165, 1.54) is 0 Å². The molecule has 2 rings (SSSR count). The molecule has 0 saturated heterocycles. The molecule has 0 aliphatic rings. The first-order valence-electron chi connectivity index (χ1n) is 5.22. The lowest BCUT2D eigenvalue weighted by Gasteiger charge is -2.07. The van der Waals surface area contributed by atoms with Crippen molar-refractivity contribution in [2.45, 2.75) is 13.5 Å². The van der Waals surface area contributed by atoms with Gasteiger partial charge in [-0.3, -0.25) is 0 Å². The predicted octanol–water partition coefficient (Wildman–Crippen LogP) is 2.15. The van der Waals surface area contributed by atoms with E-state index >= 15 is 0 Å². The van der Waals surface area contributed by atoms with Gasteiger partial charge in [-0.2, -0.15) is 0 Å². The van der Waals surface area contributed by atoms with Gasteiger partial charge in [-0.1, -0.05) is 0 Å². The van der Waals surface area contributed by atoms with Gasteiger partial charge in [0.2, 0.25) is 0 Å². The summed E-state index contributed by atoms with van der Waals surface area (Å²) in [5.41, 5.74) is -0.116. The van der Waals surface area contributed by atoms with E-state index < -0.39 is 17.5 Å². The smallest absolute Gasteiger partial charge is 0.161 e. The van der Waals surface area contributed by atoms with Gasteiger partial charge in [0, 0.05) is 19.2 Å².